The third-order valence-electron chi connectivity index (χ3n) is 10.7. The molecule has 2 unspecified atom stereocenters. The van der Waals surface area contributed by atoms with E-state index in [0.717, 1.165) is 51.4 Å². The number of allylic oxidation sites excluding steroid dienone is 1. The number of hydrogen-bond acceptors (Lipinski definition) is 6. The van der Waals surface area contributed by atoms with Gasteiger partial charge in [0, 0.05) is 12.8 Å². The zero-order valence-corrected chi connectivity index (χ0v) is 36.4. The SMILES string of the molecule is CCCCCCC/C=C\C(CCCCCCC(=O)NCC(=O)NC(CO)C(=O)O)OC(=O)CCCCCCCCCCCCCCCCCCCCCCCC. The van der Waals surface area contributed by atoms with Crippen molar-refractivity contribution in [2.45, 2.75) is 251 Å². The number of aliphatic hydroxyl groups is 1. The Labute approximate surface area is 343 Å². The minimum Gasteiger partial charge on any atom is -0.480 e. The van der Waals surface area contributed by atoms with Crippen LogP contribution in [0.5, 0.6) is 0 Å². The summed E-state index contributed by atoms with van der Waals surface area (Å²) in [6.45, 7) is 3.45. The van der Waals surface area contributed by atoms with E-state index in [2.05, 4.69) is 36.6 Å². The predicted octanol–water partition coefficient (Wildman–Crippen LogP) is 11.8. The van der Waals surface area contributed by atoms with Crippen LogP contribution in [0.1, 0.15) is 239 Å². The highest BCUT2D eigenvalue weighted by atomic mass is 16.5. The molecule has 4 N–H and O–H groups in total. The molecule has 0 aliphatic rings. The number of amides is 2. The molecule has 0 aromatic carbocycles. The van der Waals surface area contributed by atoms with Crippen LogP contribution in [0, 0.1) is 0 Å². The van der Waals surface area contributed by atoms with E-state index in [-0.39, 0.29) is 30.9 Å². The molecule has 0 aliphatic carbocycles. The zero-order chi connectivity index (χ0) is 41.2. The summed E-state index contributed by atoms with van der Waals surface area (Å²) in [5, 5.41) is 22.5. The highest BCUT2D eigenvalue weighted by molar-refractivity contribution is 5.87. The van der Waals surface area contributed by atoms with Crippen LogP contribution in [0.4, 0.5) is 0 Å². The first-order valence-corrected chi connectivity index (χ1v) is 23.6. The molecule has 9 heteroatoms. The number of hydrogen-bond donors (Lipinski definition) is 4. The Morgan fingerprint density at radius 2 is 0.946 bits per heavy atom. The van der Waals surface area contributed by atoms with Gasteiger partial charge in [0.05, 0.1) is 13.2 Å². The second kappa shape index (κ2) is 42.2. The smallest absolute Gasteiger partial charge is 0.328 e. The maximum Gasteiger partial charge on any atom is 0.328 e. The second-order valence-corrected chi connectivity index (χ2v) is 16.2. The number of carbonyl (C=O) groups is 4. The van der Waals surface area contributed by atoms with Crippen LogP contribution in [0.15, 0.2) is 12.2 Å². The Bertz CT molecular complexity index is 957. The highest BCUT2D eigenvalue weighted by Crippen LogP contribution is 2.17. The van der Waals surface area contributed by atoms with Crippen LogP contribution in [0.3, 0.4) is 0 Å². The van der Waals surface area contributed by atoms with E-state index in [1.165, 1.54) is 154 Å². The molecule has 0 heterocycles. The van der Waals surface area contributed by atoms with Crippen molar-refractivity contribution < 1.29 is 34.1 Å². The molecule has 0 aliphatic heterocycles. The van der Waals surface area contributed by atoms with Gasteiger partial charge in [-0.05, 0) is 44.6 Å². The maximum absolute atomic E-state index is 12.7. The van der Waals surface area contributed by atoms with Gasteiger partial charge in [-0.1, -0.05) is 193 Å². The molecule has 0 saturated heterocycles. The lowest BCUT2D eigenvalue weighted by Gasteiger charge is -2.15. The average molecular weight is 793 g/mol. The van der Waals surface area contributed by atoms with Gasteiger partial charge in [-0.25, -0.2) is 4.79 Å². The molecule has 328 valence electrons. The van der Waals surface area contributed by atoms with E-state index in [0.29, 0.717) is 12.8 Å². The Kier molecular flexibility index (Phi) is 40.4. The second-order valence-electron chi connectivity index (χ2n) is 16.2. The standard InChI is InChI=1S/C47H88N2O7/c1-3-5-7-9-11-12-13-14-15-16-17-18-19-20-21-22-23-24-25-27-29-35-39-46(53)56-42(36-32-28-26-10-8-6-4-2)37-33-30-31-34-38-44(51)48-40-45(52)49-43(41-50)47(54)55/h32,36,42-43,50H,3-31,33-35,37-41H2,1-2H3,(H,48,51)(H,49,52)(H,54,55)/b36-32-. The van der Waals surface area contributed by atoms with Crippen molar-refractivity contribution in [3.8, 4) is 0 Å². The lowest BCUT2D eigenvalue weighted by molar-refractivity contribution is -0.147. The number of carboxylic acid groups (broad SMARTS) is 1. The number of esters is 1. The number of ether oxygens (including phenoxy) is 1. The molecule has 56 heavy (non-hydrogen) atoms. The van der Waals surface area contributed by atoms with Crippen molar-refractivity contribution in [2.75, 3.05) is 13.2 Å². The molecular weight excluding hydrogens is 705 g/mol. The summed E-state index contributed by atoms with van der Waals surface area (Å²) < 4.78 is 5.91. The summed E-state index contributed by atoms with van der Waals surface area (Å²) in [6.07, 6.45) is 45.7. The number of aliphatic hydroxyl groups excluding tert-OH is 1. The summed E-state index contributed by atoms with van der Waals surface area (Å²) >= 11 is 0. The van der Waals surface area contributed by atoms with Crippen LogP contribution in [0.25, 0.3) is 0 Å². The van der Waals surface area contributed by atoms with Gasteiger partial charge in [0.1, 0.15) is 12.1 Å². The molecule has 0 radical (unpaired) electrons. The maximum atomic E-state index is 12.7. The Morgan fingerprint density at radius 1 is 0.536 bits per heavy atom. The van der Waals surface area contributed by atoms with E-state index >= 15 is 0 Å². The van der Waals surface area contributed by atoms with E-state index in [9.17, 15) is 19.2 Å². The lowest BCUT2D eigenvalue weighted by Crippen LogP contribution is -2.47. The number of carboxylic acids is 1. The molecule has 0 rings (SSSR count). The number of unbranched alkanes of at least 4 members (excludes halogenated alkanes) is 29. The molecule has 9 nitrogen and oxygen atoms in total. The van der Waals surface area contributed by atoms with Crippen LogP contribution < -0.4 is 10.6 Å². The molecular formula is C47H88N2O7. The predicted molar refractivity (Wildman–Crippen MR) is 232 cm³/mol. The van der Waals surface area contributed by atoms with Crippen molar-refractivity contribution in [3.63, 3.8) is 0 Å². The number of aliphatic carboxylic acids is 1. The van der Waals surface area contributed by atoms with E-state index in [1.807, 2.05) is 0 Å². The van der Waals surface area contributed by atoms with Crippen LogP contribution in [-0.4, -0.2) is 59.3 Å². The van der Waals surface area contributed by atoms with Gasteiger partial charge in [0.15, 0.2) is 0 Å². The molecule has 0 aromatic rings. The molecule has 0 spiro atoms. The highest BCUT2D eigenvalue weighted by Gasteiger charge is 2.19. The van der Waals surface area contributed by atoms with Crippen molar-refractivity contribution in [1.82, 2.24) is 10.6 Å². The first-order valence-electron chi connectivity index (χ1n) is 23.6. The van der Waals surface area contributed by atoms with Crippen molar-refractivity contribution in [1.29, 1.82) is 0 Å². The van der Waals surface area contributed by atoms with Gasteiger partial charge in [-0.2, -0.15) is 0 Å². The lowest BCUT2D eigenvalue weighted by atomic mass is 10.0. The first-order chi connectivity index (χ1) is 27.3. The Hall–Kier alpha value is -2.42. The number of rotatable bonds is 43. The zero-order valence-electron chi connectivity index (χ0n) is 36.4. The quantitative estimate of drug-likeness (QED) is 0.0273. The third kappa shape index (κ3) is 38.5. The van der Waals surface area contributed by atoms with E-state index in [1.54, 1.807) is 0 Å². The summed E-state index contributed by atoms with van der Waals surface area (Å²) in [7, 11) is 0. The Balaban J connectivity index is 4.03. The largest absolute Gasteiger partial charge is 0.480 e. The molecule has 2 amide bonds. The normalized spacial score (nSPS) is 12.5. The van der Waals surface area contributed by atoms with Gasteiger partial charge in [0.25, 0.3) is 0 Å². The fraction of sp³-hybridized carbons (Fsp3) is 0.872. The fourth-order valence-corrected chi connectivity index (χ4v) is 7.10. The van der Waals surface area contributed by atoms with E-state index in [4.69, 9.17) is 14.9 Å². The molecule has 0 bridgehead atoms. The van der Waals surface area contributed by atoms with Gasteiger partial charge in [-0.15, -0.1) is 0 Å². The molecule has 2 atom stereocenters. The van der Waals surface area contributed by atoms with Crippen molar-refractivity contribution in [2.24, 2.45) is 0 Å². The monoisotopic (exact) mass is 793 g/mol. The van der Waals surface area contributed by atoms with Crippen LogP contribution >= 0.6 is 0 Å². The summed E-state index contributed by atoms with van der Waals surface area (Å²) in [5.41, 5.74) is 0. The number of carbonyl (C=O) groups excluding carboxylic acids is 3. The average Bonchev–Trinajstić information content (AvgIpc) is 3.18. The summed E-state index contributed by atoms with van der Waals surface area (Å²) in [5.74, 6) is -2.38. The summed E-state index contributed by atoms with van der Waals surface area (Å²) in [6, 6.07) is -1.39. The third-order valence-corrected chi connectivity index (χ3v) is 10.7. The topological polar surface area (TPSA) is 142 Å². The first kappa shape index (κ1) is 53.6. The van der Waals surface area contributed by atoms with Crippen LogP contribution in [-0.2, 0) is 23.9 Å². The molecule has 0 saturated carbocycles. The van der Waals surface area contributed by atoms with Gasteiger partial charge in [0.2, 0.25) is 11.8 Å². The van der Waals surface area contributed by atoms with Crippen molar-refractivity contribution in [3.05, 3.63) is 12.2 Å². The van der Waals surface area contributed by atoms with Gasteiger partial charge < -0.3 is 25.6 Å². The summed E-state index contributed by atoms with van der Waals surface area (Å²) in [4.78, 5) is 47.5. The number of nitrogens with one attached hydrogen (secondary N) is 2. The minimum absolute atomic E-state index is 0.106. The van der Waals surface area contributed by atoms with Gasteiger partial charge >= 0.3 is 11.9 Å². The fourth-order valence-electron chi connectivity index (χ4n) is 7.10. The van der Waals surface area contributed by atoms with E-state index < -0.39 is 24.5 Å². The van der Waals surface area contributed by atoms with Crippen LogP contribution in [0.2, 0.25) is 0 Å². The Morgan fingerprint density at radius 3 is 1.39 bits per heavy atom. The van der Waals surface area contributed by atoms with Gasteiger partial charge in [-0.3, -0.25) is 14.4 Å². The minimum atomic E-state index is -1.39. The van der Waals surface area contributed by atoms with Crippen molar-refractivity contribution >= 4 is 23.8 Å². The molecule has 0 aromatic heterocycles. The molecule has 0 fully saturated rings.